The number of anilines is 2. The molecule has 4 atom stereocenters. The van der Waals surface area contributed by atoms with Gasteiger partial charge >= 0.3 is 0 Å². The number of carbonyl (C=O) groups excluding carboxylic acids is 3. The predicted molar refractivity (Wildman–Crippen MR) is 135 cm³/mol. The minimum atomic E-state index is -0.215. The van der Waals surface area contributed by atoms with Gasteiger partial charge in [-0.25, -0.2) is 9.88 Å². The maximum Gasteiger partial charge on any atom is 0.238 e. The Kier molecular flexibility index (Phi) is 5.28. The Morgan fingerprint density at radius 3 is 2.62 bits per heavy atom. The summed E-state index contributed by atoms with van der Waals surface area (Å²) in [4.78, 5) is 44.6. The lowest BCUT2D eigenvalue weighted by Crippen LogP contribution is -2.32. The van der Waals surface area contributed by atoms with Crippen LogP contribution in [0.2, 0.25) is 5.02 Å². The molecule has 2 aromatic carbocycles. The second-order valence-electron chi connectivity index (χ2n) is 8.94. The van der Waals surface area contributed by atoms with Crippen molar-refractivity contribution < 1.29 is 14.4 Å². The zero-order valence-corrected chi connectivity index (χ0v) is 20.5. The highest BCUT2D eigenvalue weighted by atomic mass is 35.5. The molecule has 9 heteroatoms. The van der Waals surface area contributed by atoms with Crippen molar-refractivity contribution in [2.45, 2.75) is 17.7 Å². The molecule has 0 spiro atoms. The zero-order chi connectivity index (χ0) is 23.6. The van der Waals surface area contributed by atoms with E-state index in [1.54, 1.807) is 18.2 Å². The van der Waals surface area contributed by atoms with E-state index in [1.807, 2.05) is 25.1 Å². The number of nitrogens with one attached hydrogen (secondary N) is 1. The van der Waals surface area contributed by atoms with Gasteiger partial charge in [0.1, 0.15) is 0 Å². The molecule has 1 N–H and O–H groups in total. The van der Waals surface area contributed by atoms with Crippen LogP contribution in [0.15, 0.2) is 52.9 Å². The topological polar surface area (TPSA) is 79.4 Å². The lowest BCUT2D eigenvalue weighted by molar-refractivity contribution is -0.123. The lowest BCUT2D eigenvalue weighted by atomic mass is 9.85. The molecule has 172 valence electrons. The molecule has 3 aromatic rings. The number of amides is 3. The minimum absolute atomic E-state index is 0.0849. The van der Waals surface area contributed by atoms with E-state index >= 15 is 0 Å². The first kappa shape index (κ1) is 21.8. The Labute approximate surface area is 209 Å². The smallest absolute Gasteiger partial charge is 0.238 e. The second-order valence-corrected chi connectivity index (χ2v) is 11.6. The first-order valence-corrected chi connectivity index (χ1v) is 13.2. The molecule has 3 amide bonds. The highest BCUT2D eigenvalue weighted by Gasteiger charge is 2.59. The van der Waals surface area contributed by atoms with Crippen LogP contribution in [0.1, 0.15) is 12.0 Å². The van der Waals surface area contributed by atoms with Gasteiger partial charge in [-0.05, 0) is 61.1 Å². The highest BCUT2D eigenvalue weighted by Crippen LogP contribution is 2.53. The summed E-state index contributed by atoms with van der Waals surface area (Å²) in [5.41, 5.74) is 3.02. The van der Waals surface area contributed by atoms with E-state index in [0.29, 0.717) is 16.4 Å². The third-order valence-electron chi connectivity index (χ3n) is 6.88. The quantitative estimate of drug-likeness (QED) is 0.287. The minimum Gasteiger partial charge on any atom is -0.325 e. The summed E-state index contributed by atoms with van der Waals surface area (Å²) in [6, 6.07) is 10.9. The van der Waals surface area contributed by atoms with E-state index in [1.165, 1.54) is 28.0 Å². The number of rotatable bonds is 5. The van der Waals surface area contributed by atoms with Gasteiger partial charge in [0.05, 0.1) is 33.5 Å². The molecule has 2 fully saturated rings. The molecule has 1 saturated heterocycles. The van der Waals surface area contributed by atoms with Crippen molar-refractivity contribution in [2.24, 2.45) is 23.7 Å². The number of aryl methyl sites for hydroxylation is 1. The van der Waals surface area contributed by atoms with Gasteiger partial charge in [-0.15, -0.1) is 11.3 Å². The average molecular weight is 510 g/mol. The van der Waals surface area contributed by atoms with Crippen molar-refractivity contribution in [3.8, 4) is 0 Å². The lowest BCUT2D eigenvalue weighted by Gasteiger charge is -2.17. The van der Waals surface area contributed by atoms with Crippen LogP contribution in [0.3, 0.4) is 0 Å². The number of thioether (sulfide) groups is 1. The fourth-order valence-electron chi connectivity index (χ4n) is 5.29. The van der Waals surface area contributed by atoms with Crippen LogP contribution in [0, 0.1) is 30.6 Å². The van der Waals surface area contributed by atoms with Crippen LogP contribution >= 0.6 is 34.7 Å². The summed E-state index contributed by atoms with van der Waals surface area (Å²) < 4.78 is 1.63. The maximum absolute atomic E-state index is 13.1. The number of nitrogens with zero attached hydrogens (tertiary/aromatic N) is 2. The number of hydrogen-bond donors (Lipinski definition) is 1. The van der Waals surface area contributed by atoms with Crippen molar-refractivity contribution in [1.82, 2.24) is 4.98 Å². The molecule has 2 heterocycles. The molecule has 0 radical (unpaired) electrons. The first-order valence-electron chi connectivity index (χ1n) is 11.0. The third kappa shape index (κ3) is 3.56. The molecule has 34 heavy (non-hydrogen) atoms. The van der Waals surface area contributed by atoms with Crippen LogP contribution in [0.5, 0.6) is 0 Å². The normalized spacial score (nSPS) is 24.9. The number of thiazole rings is 1. The summed E-state index contributed by atoms with van der Waals surface area (Å²) in [5.74, 6) is -0.155. The molecular formula is C25H20ClN3O3S2. The Morgan fingerprint density at radius 1 is 1.15 bits per heavy atom. The van der Waals surface area contributed by atoms with Gasteiger partial charge in [-0.3, -0.25) is 14.4 Å². The Morgan fingerprint density at radius 2 is 1.88 bits per heavy atom. The van der Waals surface area contributed by atoms with Gasteiger partial charge < -0.3 is 5.32 Å². The Hall–Kier alpha value is -2.68. The number of imide groups is 1. The molecular weight excluding hydrogens is 490 g/mol. The van der Waals surface area contributed by atoms with E-state index in [2.05, 4.69) is 22.5 Å². The molecule has 6 nitrogen and oxygen atoms in total. The summed E-state index contributed by atoms with van der Waals surface area (Å²) in [6.07, 6.45) is 5.11. The monoisotopic (exact) mass is 509 g/mol. The predicted octanol–water partition coefficient (Wildman–Crippen LogP) is 5.30. The molecule has 1 aromatic heterocycles. The largest absolute Gasteiger partial charge is 0.325 e. The maximum atomic E-state index is 13.1. The molecule has 1 aliphatic heterocycles. The summed E-state index contributed by atoms with van der Waals surface area (Å²) in [5, 5.41) is 3.46. The SMILES string of the molecule is Cc1ccc(Cl)cc1NC(=O)CSc1nc2ccc(N3C(=O)[C@@H]4[C@@H](C3=O)[C@H]3C=C[C@H]4C3)cc2s1. The molecule has 0 unspecified atom stereocenters. The van der Waals surface area contributed by atoms with E-state index in [-0.39, 0.29) is 47.1 Å². The van der Waals surface area contributed by atoms with Gasteiger partial charge in [0.25, 0.3) is 0 Å². The number of allylic oxidation sites excluding steroid dienone is 2. The van der Waals surface area contributed by atoms with Crippen LogP contribution in [-0.2, 0) is 14.4 Å². The van der Waals surface area contributed by atoms with E-state index in [9.17, 15) is 14.4 Å². The first-order chi connectivity index (χ1) is 16.4. The van der Waals surface area contributed by atoms with E-state index in [4.69, 9.17) is 11.6 Å². The van der Waals surface area contributed by atoms with Crippen molar-refractivity contribution in [3.63, 3.8) is 0 Å². The van der Waals surface area contributed by atoms with E-state index in [0.717, 1.165) is 26.5 Å². The van der Waals surface area contributed by atoms with Crippen molar-refractivity contribution in [3.05, 3.63) is 59.1 Å². The zero-order valence-electron chi connectivity index (χ0n) is 18.2. The van der Waals surface area contributed by atoms with Gasteiger partial charge in [-0.1, -0.05) is 41.6 Å². The summed E-state index contributed by atoms with van der Waals surface area (Å²) in [7, 11) is 0. The van der Waals surface area contributed by atoms with Crippen molar-refractivity contribution in [1.29, 1.82) is 0 Å². The molecule has 6 rings (SSSR count). The van der Waals surface area contributed by atoms with Crippen LogP contribution < -0.4 is 10.2 Å². The van der Waals surface area contributed by atoms with Gasteiger partial charge in [-0.2, -0.15) is 0 Å². The van der Waals surface area contributed by atoms with Crippen LogP contribution in [0.4, 0.5) is 11.4 Å². The van der Waals surface area contributed by atoms with Crippen molar-refractivity contribution in [2.75, 3.05) is 16.0 Å². The Balaban J connectivity index is 1.17. The average Bonchev–Trinajstić information content (AvgIpc) is 3.57. The summed E-state index contributed by atoms with van der Waals surface area (Å²) >= 11 is 8.83. The van der Waals surface area contributed by atoms with Crippen LogP contribution in [0.25, 0.3) is 10.2 Å². The van der Waals surface area contributed by atoms with Crippen LogP contribution in [-0.4, -0.2) is 28.5 Å². The highest BCUT2D eigenvalue weighted by molar-refractivity contribution is 8.01. The molecule has 1 saturated carbocycles. The summed E-state index contributed by atoms with van der Waals surface area (Å²) in [6.45, 7) is 1.91. The third-order valence-corrected chi connectivity index (χ3v) is 9.28. The van der Waals surface area contributed by atoms with E-state index < -0.39 is 0 Å². The standard InChI is InChI=1S/C25H20ClN3O3S2/c1-12-2-5-15(26)9-18(12)27-20(30)11-33-25-28-17-7-6-16(10-19(17)34-25)29-23(31)21-13-3-4-14(8-13)22(21)24(29)32/h2-7,9-10,13-14,21-22H,8,11H2,1H3,(H,27,30)/t13-,14-,21-,22-/m0/s1. The van der Waals surface area contributed by atoms with Gasteiger partial charge in [0.2, 0.25) is 17.7 Å². The molecule has 3 aliphatic rings. The van der Waals surface area contributed by atoms with Gasteiger partial charge in [0, 0.05) is 10.7 Å². The number of benzene rings is 2. The molecule has 2 aliphatic carbocycles. The fourth-order valence-corrected chi connectivity index (χ4v) is 7.37. The Bertz CT molecular complexity index is 1370. The fraction of sp³-hybridized carbons (Fsp3) is 0.280. The van der Waals surface area contributed by atoms with Gasteiger partial charge in [0.15, 0.2) is 4.34 Å². The molecule has 2 bridgehead atoms. The number of aromatic nitrogens is 1. The number of hydrogen-bond acceptors (Lipinski definition) is 6. The number of halogens is 1. The number of fused-ring (bicyclic) bond motifs is 6. The second kappa shape index (κ2) is 8.22. The number of carbonyl (C=O) groups is 3. The van der Waals surface area contributed by atoms with Crippen molar-refractivity contribution >= 4 is 74.0 Å².